The Morgan fingerprint density at radius 1 is 1.77 bits per heavy atom. The minimum atomic E-state index is -0.440. The molecule has 70 valence electrons. The molecule has 0 fully saturated rings. The van der Waals surface area contributed by atoms with Gasteiger partial charge in [0.15, 0.2) is 0 Å². The molecule has 0 atom stereocenters. The first-order valence-corrected chi connectivity index (χ1v) is 4.30. The third-order valence-electron chi connectivity index (χ3n) is 1.53. The summed E-state index contributed by atoms with van der Waals surface area (Å²) in [7, 11) is 0. The maximum Gasteiger partial charge on any atom is 0.429 e. The van der Waals surface area contributed by atoms with Crippen LogP contribution >= 0.6 is 0 Å². The predicted molar refractivity (Wildman–Crippen MR) is 49.2 cm³/mol. The fraction of sp³-hybridized carbons (Fsp3) is 0.556. The van der Waals surface area contributed by atoms with Gasteiger partial charge in [-0.3, -0.25) is 9.89 Å². The molecule has 1 heterocycles. The van der Waals surface area contributed by atoms with Crippen molar-refractivity contribution in [1.82, 2.24) is 4.90 Å². The summed E-state index contributed by atoms with van der Waals surface area (Å²) in [5, 5.41) is 0. The van der Waals surface area contributed by atoms with Gasteiger partial charge < -0.3 is 4.74 Å². The number of amides is 1. The highest BCUT2D eigenvalue weighted by atomic mass is 16.5. The van der Waals surface area contributed by atoms with Crippen molar-refractivity contribution in [2.75, 3.05) is 13.1 Å². The second-order valence-corrected chi connectivity index (χ2v) is 2.57. The lowest BCUT2D eigenvalue weighted by Gasteiger charge is -2.17. The van der Waals surface area contributed by atoms with Crippen LogP contribution in [-0.4, -0.2) is 30.4 Å². The van der Waals surface area contributed by atoms with Crippen LogP contribution < -0.4 is 0 Å². The smallest absolute Gasteiger partial charge is 0.355 e. The minimum Gasteiger partial charge on any atom is -0.355 e. The Hall–Kier alpha value is -1.50. The highest BCUT2D eigenvalue weighted by Crippen LogP contribution is 1.98. The van der Waals surface area contributed by atoms with Crippen molar-refractivity contribution in [3.63, 3.8) is 0 Å². The van der Waals surface area contributed by atoms with Gasteiger partial charge in [-0.2, -0.15) is 0 Å². The van der Waals surface area contributed by atoms with Gasteiger partial charge in [-0.15, -0.1) is 0 Å². The van der Waals surface area contributed by atoms with E-state index < -0.39 is 6.09 Å². The summed E-state index contributed by atoms with van der Waals surface area (Å²) in [5.74, 6) is 2.65. The molecule has 13 heavy (non-hydrogen) atoms. The third-order valence-corrected chi connectivity index (χ3v) is 1.53. The molecule has 1 amide bonds. The Bertz CT molecular complexity index is 263. The van der Waals surface area contributed by atoms with Gasteiger partial charge in [-0.05, 0) is 6.42 Å². The summed E-state index contributed by atoms with van der Waals surface area (Å²) >= 11 is 0. The van der Waals surface area contributed by atoms with Gasteiger partial charge in [0, 0.05) is 19.5 Å². The average Bonchev–Trinajstić information content (AvgIpc) is 2.19. The molecule has 0 radical (unpaired) electrons. The number of carbonyl (C=O) groups excluding carboxylic acids is 1. The molecular formula is C9H12N2O2. The summed E-state index contributed by atoms with van der Waals surface area (Å²) in [6.07, 6.45) is 4.95. The van der Waals surface area contributed by atoms with E-state index in [0.717, 1.165) is 13.0 Å². The van der Waals surface area contributed by atoms with Crippen LogP contribution in [0.25, 0.3) is 0 Å². The number of aliphatic imine (C=N–C) groups is 1. The number of hydrogen-bond donors (Lipinski definition) is 0. The Morgan fingerprint density at radius 3 is 3.23 bits per heavy atom. The lowest BCUT2D eigenvalue weighted by atomic mass is 10.4. The Morgan fingerprint density at radius 2 is 2.62 bits per heavy atom. The summed E-state index contributed by atoms with van der Waals surface area (Å²) in [5.41, 5.74) is 0. The molecule has 1 aliphatic rings. The van der Waals surface area contributed by atoms with E-state index in [1.165, 1.54) is 11.2 Å². The maximum absolute atomic E-state index is 11.2. The molecule has 0 aromatic heterocycles. The van der Waals surface area contributed by atoms with Crippen molar-refractivity contribution in [1.29, 1.82) is 0 Å². The predicted octanol–water partition coefficient (Wildman–Crippen LogP) is 1.23. The molecule has 0 aliphatic carbocycles. The lowest BCUT2D eigenvalue weighted by Crippen LogP contribution is -2.33. The Labute approximate surface area is 77.6 Å². The van der Waals surface area contributed by atoms with Crippen LogP contribution in [-0.2, 0) is 4.74 Å². The zero-order chi connectivity index (χ0) is 9.52. The van der Waals surface area contributed by atoms with E-state index in [9.17, 15) is 4.79 Å². The standard InChI is InChI=1S/C9H12N2O2/c1-2-3-7-13-9(12)11-6-4-5-10-8-11/h8H,2,4-6H2,1H3. The Balaban J connectivity index is 2.38. The zero-order valence-corrected chi connectivity index (χ0v) is 7.62. The first-order chi connectivity index (χ1) is 6.34. The molecule has 1 rings (SSSR count). The van der Waals surface area contributed by atoms with Crippen LogP contribution in [0.1, 0.15) is 19.8 Å². The molecule has 0 aromatic carbocycles. The van der Waals surface area contributed by atoms with Crippen molar-refractivity contribution in [3.8, 4) is 12.0 Å². The molecule has 0 bridgehead atoms. The molecule has 1 aliphatic heterocycles. The maximum atomic E-state index is 11.2. The summed E-state index contributed by atoms with van der Waals surface area (Å²) in [6.45, 7) is 3.34. The SMILES string of the molecule is CCC#COC(=O)N1C=NCCC1. The van der Waals surface area contributed by atoms with Gasteiger partial charge in [0.25, 0.3) is 0 Å². The highest BCUT2D eigenvalue weighted by Gasteiger charge is 2.13. The number of hydrogen-bond acceptors (Lipinski definition) is 3. The van der Waals surface area contributed by atoms with E-state index in [1.807, 2.05) is 6.92 Å². The van der Waals surface area contributed by atoms with Crippen molar-refractivity contribution in [2.45, 2.75) is 19.8 Å². The van der Waals surface area contributed by atoms with E-state index in [1.54, 1.807) is 0 Å². The van der Waals surface area contributed by atoms with Gasteiger partial charge >= 0.3 is 6.09 Å². The van der Waals surface area contributed by atoms with Gasteiger partial charge in [0.2, 0.25) is 0 Å². The van der Waals surface area contributed by atoms with Gasteiger partial charge in [0.05, 0.1) is 6.34 Å². The van der Waals surface area contributed by atoms with E-state index in [0.29, 0.717) is 13.0 Å². The second kappa shape index (κ2) is 5.20. The highest BCUT2D eigenvalue weighted by molar-refractivity contribution is 5.83. The fourth-order valence-electron chi connectivity index (χ4n) is 0.895. The first-order valence-electron chi connectivity index (χ1n) is 4.30. The summed E-state index contributed by atoms with van der Waals surface area (Å²) in [4.78, 5) is 16.6. The van der Waals surface area contributed by atoms with E-state index in [2.05, 4.69) is 21.8 Å². The van der Waals surface area contributed by atoms with E-state index >= 15 is 0 Å². The first kappa shape index (κ1) is 9.59. The van der Waals surface area contributed by atoms with Crippen LogP contribution in [0, 0.1) is 12.0 Å². The zero-order valence-electron chi connectivity index (χ0n) is 7.62. The largest absolute Gasteiger partial charge is 0.429 e. The van der Waals surface area contributed by atoms with E-state index in [4.69, 9.17) is 0 Å². The molecule has 0 N–H and O–H groups in total. The number of nitrogens with zero attached hydrogens (tertiary/aromatic N) is 2. The topological polar surface area (TPSA) is 41.9 Å². The van der Waals surface area contributed by atoms with Crippen LogP contribution in [0.3, 0.4) is 0 Å². The second-order valence-electron chi connectivity index (χ2n) is 2.57. The van der Waals surface area contributed by atoms with Gasteiger partial charge in [-0.25, -0.2) is 4.79 Å². The van der Waals surface area contributed by atoms with Gasteiger partial charge in [0.1, 0.15) is 6.11 Å². The average molecular weight is 180 g/mol. The van der Waals surface area contributed by atoms with Crippen molar-refractivity contribution in [2.24, 2.45) is 4.99 Å². The summed E-state index contributed by atoms with van der Waals surface area (Å²) < 4.78 is 4.66. The molecule has 0 unspecified atom stereocenters. The molecule has 0 spiro atoms. The van der Waals surface area contributed by atoms with Gasteiger partial charge in [-0.1, -0.05) is 12.8 Å². The fourth-order valence-corrected chi connectivity index (χ4v) is 0.895. The normalized spacial score (nSPS) is 14.7. The molecule has 4 heteroatoms. The Kier molecular flexibility index (Phi) is 3.83. The monoisotopic (exact) mass is 180 g/mol. The molecule has 4 nitrogen and oxygen atoms in total. The minimum absolute atomic E-state index is 0.440. The third kappa shape index (κ3) is 3.16. The van der Waals surface area contributed by atoms with Crippen LogP contribution in [0.5, 0.6) is 0 Å². The molecule has 0 aromatic rings. The van der Waals surface area contributed by atoms with Crippen LogP contribution in [0.2, 0.25) is 0 Å². The molecular weight excluding hydrogens is 168 g/mol. The molecule has 0 saturated carbocycles. The lowest BCUT2D eigenvalue weighted by molar-refractivity contribution is 0.166. The molecule has 0 saturated heterocycles. The van der Waals surface area contributed by atoms with Crippen molar-refractivity contribution in [3.05, 3.63) is 0 Å². The van der Waals surface area contributed by atoms with E-state index in [-0.39, 0.29) is 0 Å². The van der Waals surface area contributed by atoms with Crippen LogP contribution in [0.4, 0.5) is 4.79 Å². The van der Waals surface area contributed by atoms with Crippen molar-refractivity contribution < 1.29 is 9.53 Å². The number of ether oxygens (including phenoxy) is 1. The van der Waals surface area contributed by atoms with Crippen molar-refractivity contribution >= 4 is 12.4 Å². The summed E-state index contributed by atoms with van der Waals surface area (Å²) in [6, 6.07) is 0. The van der Waals surface area contributed by atoms with Crippen LogP contribution in [0.15, 0.2) is 4.99 Å². The number of carbonyl (C=O) groups is 1. The number of rotatable bonds is 0. The quantitative estimate of drug-likeness (QED) is 0.526.